The first-order valence-corrected chi connectivity index (χ1v) is 11.6. The number of nitrogens with one attached hydrogen (secondary N) is 2. The summed E-state index contributed by atoms with van der Waals surface area (Å²) in [7, 11) is -3.78. The van der Waals surface area contributed by atoms with E-state index >= 15 is 0 Å². The van der Waals surface area contributed by atoms with Crippen LogP contribution in [0.15, 0.2) is 71.6 Å². The second kappa shape index (κ2) is 9.70. The molecule has 0 saturated carbocycles. The molecular weight excluding hydrogens is 448 g/mol. The summed E-state index contributed by atoms with van der Waals surface area (Å²) in [6.07, 6.45) is 0. The zero-order valence-electron chi connectivity index (χ0n) is 17.7. The third-order valence-electron chi connectivity index (χ3n) is 4.58. The minimum absolute atomic E-state index is 0.0635. The fourth-order valence-electron chi connectivity index (χ4n) is 3.04. The van der Waals surface area contributed by atoms with Crippen LogP contribution in [0.2, 0.25) is 0 Å². The Morgan fingerprint density at radius 1 is 0.879 bits per heavy atom. The molecule has 1 aliphatic rings. The van der Waals surface area contributed by atoms with E-state index in [1.165, 1.54) is 24.3 Å². The first-order valence-electron chi connectivity index (χ1n) is 10.1. The molecule has 33 heavy (non-hydrogen) atoms. The lowest BCUT2D eigenvalue weighted by atomic mass is 10.3. The van der Waals surface area contributed by atoms with Crippen molar-refractivity contribution in [3.63, 3.8) is 0 Å². The molecule has 3 aromatic rings. The molecule has 0 aliphatic carbocycles. The molecule has 0 atom stereocenters. The Kier molecular flexibility index (Phi) is 6.55. The Morgan fingerprint density at radius 3 is 2.24 bits per heavy atom. The van der Waals surface area contributed by atoms with E-state index in [0.29, 0.717) is 41.0 Å². The second-order valence-corrected chi connectivity index (χ2v) is 8.62. The van der Waals surface area contributed by atoms with Crippen LogP contribution in [0.1, 0.15) is 6.92 Å². The van der Waals surface area contributed by atoms with Crippen LogP contribution in [-0.2, 0) is 14.8 Å². The molecule has 10 heteroatoms. The number of anilines is 2. The first kappa shape index (κ1) is 22.3. The normalized spacial score (nSPS) is 12.2. The minimum Gasteiger partial charge on any atom is -0.494 e. The summed E-state index contributed by atoms with van der Waals surface area (Å²) < 4.78 is 49.0. The molecule has 0 radical (unpaired) electrons. The van der Waals surface area contributed by atoms with Crippen LogP contribution in [0.5, 0.6) is 23.0 Å². The van der Waals surface area contributed by atoms with Crippen molar-refractivity contribution in [2.75, 3.05) is 30.0 Å². The number of carbonyl (C=O) groups excluding carboxylic acids is 1. The highest BCUT2D eigenvalue weighted by Gasteiger charge is 2.16. The third kappa shape index (κ3) is 5.66. The molecule has 172 valence electrons. The van der Waals surface area contributed by atoms with Gasteiger partial charge in [0.15, 0.2) is 18.1 Å². The smallest absolute Gasteiger partial charge is 0.262 e. The summed E-state index contributed by atoms with van der Waals surface area (Å²) in [5.74, 6) is 1.82. The molecule has 0 unspecified atom stereocenters. The number of rotatable bonds is 9. The van der Waals surface area contributed by atoms with E-state index < -0.39 is 10.0 Å². The number of amides is 1. The van der Waals surface area contributed by atoms with E-state index in [4.69, 9.17) is 18.9 Å². The summed E-state index contributed by atoms with van der Waals surface area (Å²) in [6.45, 7) is 2.30. The van der Waals surface area contributed by atoms with Crippen molar-refractivity contribution in [1.29, 1.82) is 0 Å². The maximum absolute atomic E-state index is 12.6. The molecule has 9 nitrogen and oxygen atoms in total. The number of hydrogen-bond acceptors (Lipinski definition) is 7. The summed E-state index contributed by atoms with van der Waals surface area (Å²) >= 11 is 0. The largest absolute Gasteiger partial charge is 0.494 e. The standard InChI is InChI=1S/C23H22N2O7S/c1-2-29-18-6-3-16(4-7-18)25-33(27,28)20-10-8-19(9-11-20)30-14-23(26)24-17-5-12-21-22(13-17)32-15-31-21/h3-13,25H,2,14-15H2,1H3,(H,24,26). The molecule has 1 amide bonds. The van der Waals surface area contributed by atoms with Gasteiger partial charge in [-0.15, -0.1) is 0 Å². The monoisotopic (exact) mass is 470 g/mol. The van der Waals surface area contributed by atoms with Crippen molar-refractivity contribution in [3.05, 3.63) is 66.7 Å². The van der Waals surface area contributed by atoms with Crippen LogP contribution < -0.4 is 29.0 Å². The maximum atomic E-state index is 12.6. The van der Waals surface area contributed by atoms with E-state index in [1.807, 2.05) is 6.92 Å². The molecule has 0 aromatic heterocycles. The number of hydrogen-bond donors (Lipinski definition) is 2. The van der Waals surface area contributed by atoms with Crippen LogP contribution >= 0.6 is 0 Å². The van der Waals surface area contributed by atoms with Gasteiger partial charge in [0, 0.05) is 17.4 Å². The van der Waals surface area contributed by atoms with Crippen molar-refractivity contribution < 1.29 is 32.2 Å². The average Bonchev–Trinajstić information content (AvgIpc) is 3.27. The topological polar surface area (TPSA) is 112 Å². The van der Waals surface area contributed by atoms with E-state index in [2.05, 4.69) is 10.0 Å². The molecular formula is C23H22N2O7S. The van der Waals surface area contributed by atoms with Crippen LogP contribution in [0.25, 0.3) is 0 Å². The third-order valence-corrected chi connectivity index (χ3v) is 5.98. The SMILES string of the molecule is CCOc1ccc(NS(=O)(=O)c2ccc(OCC(=O)Nc3ccc4c(c3)OCO4)cc2)cc1. The lowest BCUT2D eigenvalue weighted by molar-refractivity contribution is -0.118. The predicted octanol–water partition coefficient (Wildman–Crippen LogP) is 3.63. The molecule has 3 aromatic carbocycles. The number of fused-ring (bicyclic) bond motifs is 1. The van der Waals surface area contributed by atoms with Crippen molar-refractivity contribution in [3.8, 4) is 23.0 Å². The lowest BCUT2D eigenvalue weighted by Crippen LogP contribution is -2.20. The van der Waals surface area contributed by atoms with E-state index in [1.54, 1.807) is 42.5 Å². The summed E-state index contributed by atoms with van der Waals surface area (Å²) in [5.41, 5.74) is 0.966. The maximum Gasteiger partial charge on any atom is 0.262 e. The van der Waals surface area contributed by atoms with Gasteiger partial charge in [0.25, 0.3) is 15.9 Å². The van der Waals surface area contributed by atoms with E-state index in [9.17, 15) is 13.2 Å². The Bertz CT molecular complexity index is 1230. The quantitative estimate of drug-likeness (QED) is 0.491. The van der Waals surface area contributed by atoms with Gasteiger partial charge in [-0.25, -0.2) is 8.42 Å². The van der Waals surface area contributed by atoms with Crippen LogP contribution in [0.3, 0.4) is 0 Å². The van der Waals surface area contributed by atoms with Gasteiger partial charge in [-0.05, 0) is 67.6 Å². The molecule has 1 aliphatic heterocycles. The van der Waals surface area contributed by atoms with Gasteiger partial charge in [0.2, 0.25) is 6.79 Å². The van der Waals surface area contributed by atoms with Crippen molar-refractivity contribution in [2.45, 2.75) is 11.8 Å². The zero-order chi connectivity index (χ0) is 23.3. The molecule has 1 heterocycles. The van der Waals surface area contributed by atoms with Crippen LogP contribution in [0, 0.1) is 0 Å². The Morgan fingerprint density at radius 2 is 1.52 bits per heavy atom. The van der Waals surface area contributed by atoms with Crippen LogP contribution in [0.4, 0.5) is 11.4 Å². The minimum atomic E-state index is -3.78. The fourth-order valence-corrected chi connectivity index (χ4v) is 4.09. The predicted molar refractivity (Wildman–Crippen MR) is 122 cm³/mol. The van der Waals surface area contributed by atoms with Gasteiger partial charge in [-0.3, -0.25) is 9.52 Å². The Labute approximate surface area is 191 Å². The second-order valence-electron chi connectivity index (χ2n) is 6.94. The number of benzene rings is 3. The van der Waals surface area contributed by atoms with Crippen molar-refractivity contribution in [1.82, 2.24) is 0 Å². The average molecular weight is 471 g/mol. The summed E-state index contributed by atoms with van der Waals surface area (Å²) in [5, 5.41) is 2.70. The molecule has 0 fully saturated rings. The first-order chi connectivity index (χ1) is 15.9. The summed E-state index contributed by atoms with van der Waals surface area (Å²) in [6, 6.07) is 17.5. The fraction of sp³-hybridized carbons (Fsp3) is 0.174. The van der Waals surface area contributed by atoms with E-state index in [-0.39, 0.29) is 24.2 Å². The molecule has 4 rings (SSSR count). The van der Waals surface area contributed by atoms with Crippen molar-refractivity contribution >= 4 is 27.3 Å². The molecule has 0 spiro atoms. The Hall–Kier alpha value is -3.92. The van der Waals surface area contributed by atoms with Gasteiger partial charge >= 0.3 is 0 Å². The lowest BCUT2D eigenvalue weighted by Gasteiger charge is -2.11. The highest BCUT2D eigenvalue weighted by Crippen LogP contribution is 2.34. The van der Waals surface area contributed by atoms with Gasteiger partial charge in [0.1, 0.15) is 11.5 Å². The van der Waals surface area contributed by atoms with Gasteiger partial charge < -0.3 is 24.3 Å². The van der Waals surface area contributed by atoms with Gasteiger partial charge in [-0.1, -0.05) is 0 Å². The van der Waals surface area contributed by atoms with Crippen LogP contribution in [-0.4, -0.2) is 34.3 Å². The Balaban J connectivity index is 1.31. The van der Waals surface area contributed by atoms with Gasteiger partial charge in [-0.2, -0.15) is 0 Å². The number of sulfonamides is 1. The highest BCUT2D eigenvalue weighted by atomic mass is 32.2. The number of carbonyl (C=O) groups is 1. The molecule has 0 bridgehead atoms. The van der Waals surface area contributed by atoms with Crippen molar-refractivity contribution in [2.24, 2.45) is 0 Å². The summed E-state index contributed by atoms with van der Waals surface area (Å²) in [4.78, 5) is 12.2. The number of ether oxygens (including phenoxy) is 4. The van der Waals surface area contributed by atoms with Gasteiger partial charge in [0.05, 0.1) is 11.5 Å². The zero-order valence-corrected chi connectivity index (χ0v) is 18.6. The van der Waals surface area contributed by atoms with E-state index in [0.717, 1.165) is 0 Å². The molecule has 0 saturated heterocycles. The molecule has 2 N–H and O–H groups in total. The highest BCUT2D eigenvalue weighted by molar-refractivity contribution is 7.92.